The van der Waals surface area contributed by atoms with E-state index in [0.717, 1.165) is 6.07 Å². The summed E-state index contributed by atoms with van der Waals surface area (Å²) in [4.78, 5) is 15.2. The van der Waals surface area contributed by atoms with Crippen LogP contribution in [0.3, 0.4) is 0 Å². The third-order valence-electron chi connectivity index (χ3n) is 3.79. The van der Waals surface area contributed by atoms with Gasteiger partial charge in [-0.1, -0.05) is 20.8 Å². The Kier molecular flexibility index (Phi) is 7.40. The molecule has 154 valence electrons. The van der Waals surface area contributed by atoms with Gasteiger partial charge in [0.2, 0.25) is 0 Å². The summed E-state index contributed by atoms with van der Waals surface area (Å²) in [5.74, 6) is -2.70. The number of aromatic nitrogens is 1. The second-order valence-corrected chi connectivity index (χ2v) is 11.0. The Labute approximate surface area is 168 Å². The molecule has 1 heterocycles. The van der Waals surface area contributed by atoms with Gasteiger partial charge >= 0.3 is 5.97 Å². The highest BCUT2D eigenvalue weighted by Crippen LogP contribution is 2.38. The minimum atomic E-state index is -3.38. The molecule has 10 heteroatoms. The predicted octanol–water partition coefficient (Wildman–Crippen LogP) is 4.27. The molecule has 2 N–H and O–H groups in total. The van der Waals surface area contributed by atoms with Gasteiger partial charge in [0.1, 0.15) is 20.9 Å². The number of hydrogen-bond acceptors (Lipinski definition) is 4. The van der Waals surface area contributed by atoms with E-state index in [1.54, 1.807) is 20.8 Å². The van der Waals surface area contributed by atoms with Crippen molar-refractivity contribution in [3.05, 3.63) is 27.7 Å². The number of nitrogens with zero attached hydrogens (tertiary/aromatic N) is 1. The average molecular weight is 473 g/mol. The predicted molar refractivity (Wildman–Crippen MR) is 102 cm³/mol. The number of carboxylic acids is 1. The number of alkyl halides is 2. The fourth-order valence-corrected chi connectivity index (χ4v) is 4.04. The first-order valence-electron chi connectivity index (χ1n) is 8.09. The molecular weight excluding hydrogens is 449 g/mol. The third kappa shape index (κ3) is 5.58. The fourth-order valence-electron chi connectivity index (χ4n) is 2.26. The Balaban J connectivity index is 3.69. The maximum atomic E-state index is 14.9. The summed E-state index contributed by atoms with van der Waals surface area (Å²) in [6.07, 6.45) is -4.58. The minimum absolute atomic E-state index is 0.116. The summed E-state index contributed by atoms with van der Waals surface area (Å²) in [6, 6.07) is 1.05. The lowest BCUT2D eigenvalue weighted by Crippen LogP contribution is -2.57. The topological polar surface area (TPSA) is 85.3 Å². The molecule has 0 fully saturated rings. The zero-order chi connectivity index (χ0) is 21.4. The molecule has 0 saturated carbocycles. The van der Waals surface area contributed by atoms with Crippen molar-refractivity contribution >= 4 is 33.3 Å². The smallest absolute Gasteiger partial charge is 0.306 e. The van der Waals surface area contributed by atoms with Crippen LogP contribution < -0.4 is 4.72 Å². The molecule has 27 heavy (non-hydrogen) atoms. The highest BCUT2D eigenvalue weighted by molar-refractivity contribution is 9.10. The Morgan fingerprint density at radius 3 is 2.22 bits per heavy atom. The fraction of sp³-hybridized carbons (Fsp3) is 0.647. The van der Waals surface area contributed by atoms with Crippen LogP contribution in [-0.4, -0.2) is 31.8 Å². The molecular formula is C17H24BrF3N2O3S. The monoisotopic (exact) mass is 472 g/mol. The standard InChI is InChI=1S/C17H24BrF3N2O3S/c1-15(2,3)9-7-10(19)12(22-13(9)18)17(14(20)21,8-11(24)25)23-27(26)16(4,5)6/h7,14,23H,8H2,1-6H3,(H,24,25)/t17?,27-/m1/s1. The van der Waals surface area contributed by atoms with E-state index in [0.29, 0.717) is 5.56 Å². The number of rotatable bonds is 6. The Bertz CT molecular complexity index is 708. The number of halogens is 4. The van der Waals surface area contributed by atoms with Crippen LogP contribution in [0.2, 0.25) is 0 Å². The van der Waals surface area contributed by atoms with Crippen molar-refractivity contribution in [3.8, 4) is 0 Å². The van der Waals surface area contributed by atoms with E-state index in [1.807, 2.05) is 0 Å². The molecule has 1 aromatic rings. The van der Waals surface area contributed by atoms with Gasteiger partial charge in [0.25, 0.3) is 6.43 Å². The summed E-state index contributed by atoms with van der Waals surface area (Å²) in [7, 11) is 0. The number of hydrogen-bond donors (Lipinski definition) is 2. The first-order chi connectivity index (χ1) is 12.0. The summed E-state index contributed by atoms with van der Waals surface area (Å²) < 4.78 is 56.9. The highest BCUT2D eigenvalue weighted by Gasteiger charge is 2.52. The third-order valence-corrected chi connectivity index (χ3v) is 6.06. The summed E-state index contributed by atoms with van der Waals surface area (Å²) >= 11 is 1.06. The van der Waals surface area contributed by atoms with E-state index in [4.69, 9.17) is 0 Å². The van der Waals surface area contributed by atoms with Gasteiger partial charge < -0.3 is 9.66 Å². The van der Waals surface area contributed by atoms with E-state index in [1.165, 1.54) is 20.8 Å². The minimum Gasteiger partial charge on any atom is -0.598 e. The van der Waals surface area contributed by atoms with Gasteiger partial charge in [-0.3, -0.25) is 4.79 Å². The van der Waals surface area contributed by atoms with Gasteiger partial charge in [0.15, 0.2) is 5.54 Å². The van der Waals surface area contributed by atoms with E-state index < -0.39 is 57.4 Å². The lowest BCUT2D eigenvalue weighted by Gasteiger charge is -2.36. The van der Waals surface area contributed by atoms with Crippen molar-refractivity contribution < 1.29 is 27.6 Å². The SMILES string of the molecule is CC(C)(C)c1cc(F)c(C(CC(=O)O)(N[S@+]([O-])C(C)(C)C)C(F)F)nc1Br. The molecule has 1 aromatic heterocycles. The molecule has 0 aliphatic rings. The molecule has 0 aliphatic heterocycles. The van der Waals surface area contributed by atoms with E-state index in [-0.39, 0.29) is 4.60 Å². The first kappa shape index (κ1) is 24.2. The van der Waals surface area contributed by atoms with Gasteiger partial charge in [-0.15, -0.1) is 4.72 Å². The Hall–Kier alpha value is -0.840. The van der Waals surface area contributed by atoms with E-state index >= 15 is 0 Å². The van der Waals surface area contributed by atoms with Gasteiger partial charge in [-0.25, -0.2) is 18.2 Å². The van der Waals surface area contributed by atoms with Crippen molar-refractivity contribution in [2.75, 3.05) is 0 Å². The molecule has 0 radical (unpaired) electrons. The Morgan fingerprint density at radius 1 is 1.33 bits per heavy atom. The average Bonchev–Trinajstić information content (AvgIpc) is 2.45. The van der Waals surface area contributed by atoms with Crippen LogP contribution in [0.25, 0.3) is 0 Å². The zero-order valence-corrected chi connectivity index (χ0v) is 18.4. The quantitative estimate of drug-likeness (QED) is 0.476. The van der Waals surface area contributed by atoms with E-state index in [2.05, 4.69) is 25.6 Å². The lowest BCUT2D eigenvalue weighted by molar-refractivity contribution is -0.141. The number of nitrogens with one attached hydrogen (secondary N) is 1. The van der Waals surface area contributed by atoms with Gasteiger partial charge in [0, 0.05) is 11.4 Å². The molecule has 0 spiro atoms. The Morgan fingerprint density at radius 2 is 1.85 bits per heavy atom. The van der Waals surface area contributed by atoms with Crippen molar-refractivity contribution in [2.24, 2.45) is 0 Å². The lowest BCUT2D eigenvalue weighted by atomic mass is 9.86. The van der Waals surface area contributed by atoms with Crippen LogP contribution in [-0.2, 0) is 27.1 Å². The normalized spacial score (nSPS) is 16.3. The molecule has 1 unspecified atom stereocenters. The van der Waals surface area contributed by atoms with Crippen LogP contribution in [0.4, 0.5) is 13.2 Å². The second-order valence-electron chi connectivity index (χ2n) is 8.23. The summed E-state index contributed by atoms with van der Waals surface area (Å²) in [6.45, 7) is 9.94. The number of aliphatic carboxylic acids is 1. The zero-order valence-electron chi connectivity index (χ0n) is 16.0. The largest absolute Gasteiger partial charge is 0.598 e. The maximum absolute atomic E-state index is 14.9. The highest BCUT2D eigenvalue weighted by atomic mass is 79.9. The van der Waals surface area contributed by atoms with Crippen molar-refractivity contribution in [1.82, 2.24) is 9.71 Å². The number of carbonyl (C=O) groups is 1. The number of pyridine rings is 1. The van der Waals surface area contributed by atoms with Gasteiger partial charge in [-0.2, -0.15) is 0 Å². The molecule has 1 rings (SSSR count). The van der Waals surface area contributed by atoms with E-state index in [9.17, 15) is 27.6 Å². The molecule has 5 nitrogen and oxygen atoms in total. The van der Waals surface area contributed by atoms with Crippen molar-refractivity contribution in [2.45, 2.75) is 70.1 Å². The van der Waals surface area contributed by atoms with Crippen LogP contribution in [0.1, 0.15) is 59.2 Å². The second kappa shape index (κ2) is 8.26. The summed E-state index contributed by atoms with van der Waals surface area (Å²) in [5, 5.41) is 9.18. The number of carboxylic acid groups (broad SMARTS) is 1. The molecule has 0 amide bonds. The molecule has 0 bridgehead atoms. The van der Waals surface area contributed by atoms with Crippen LogP contribution >= 0.6 is 15.9 Å². The van der Waals surface area contributed by atoms with Crippen molar-refractivity contribution in [3.63, 3.8) is 0 Å². The molecule has 0 saturated heterocycles. The van der Waals surface area contributed by atoms with Crippen LogP contribution in [0, 0.1) is 5.82 Å². The maximum Gasteiger partial charge on any atom is 0.306 e. The molecule has 0 aromatic carbocycles. The van der Waals surface area contributed by atoms with Gasteiger partial charge in [0.05, 0.1) is 6.42 Å². The van der Waals surface area contributed by atoms with Crippen LogP contribution in [0.15, 0.2) is 10.7 Å². The molecule has 2 atom stereocenters. The van der Waals surface area contributed by atoms with Crippen molar-refractivity contribution in [1.29, 1.82) is 0 Å². The van der Waals surface area contributed by atoms with Gasteiger partial charge in [-0.05, 0) is 53.7 Å². The first-order valence-corrected chi connectivity index (χ1v) is 10.0. The van der Waals surface area contributed by atoms with Crippen LogP contribution in [0.5, 0.6) is 0 Å². The summed E-state index contributed by atoms with van der Waals surface area (Å²) in [5.41, 5.74) is -3.66. The molecule has 0 aliphatic carbocycles.